The maximum Gasteiger partial charge on any atom is 0.0708 e. The monoisotopic (exact) mass is 357 g/mol. The topological polar surface area (TPSA) is 12.9 Å². The van der Waals surface area contributed by atoms with Gasteiger partial charge in [0.15, 0.2) is 0 Å². The molecule has 28 heavy (non-hydrogen) atoms. The summed E-state index contributed by atoms with van der Waals surface area (Å²) >= 11 is 0. The first-order valence-corrected chi connectivity index (χ1v) is 9.49. The lowest BCUT2D eigenvalue weighted by atomic mass is 10.0. The van der Waals surface area contributed by atoms with E-state index < -0.39 is 0 Å². The molecule has 0 amide bonds. The molecule has 0 aliphatic heterocycles. The van der Waals surface area contributed by atoms with Crippen LogP contribution in [0.5, 0.6) is 0 Å². The molecule has 0 saturated heterocycles. The highest BCUT2D eigenvalue weighted by atomic mass is 14.6. The Bertz CT molecular complexity index is 1200. The van der Waals surface area contributed by atoms with Crippen LogP contribution in [0.2, 0.25) is 0 Å². The third-order valence-electron chi connectivity index (χ3n) is 5.15. The summed E-state index contributed by atoms with van der Waals surface area (Å²) in [4.78, 5) is 4.41. The maximum atomic E-state index is 4.41. The molecule has 1 heteroatoms. The van der Waals surface area contributed by atoms with Crippen molar-refractivity contribution >= 4 is 43.2 Å². The van der Waals surface area contributed by atoms with E-state index in [-0.39, 0.29) is 0 Å². The molecule has 0 N–H and O–H groups in total. The summed E-state index contributed by atoms with van der Waals surface area (Å²) < 4.78 is 0. The van der Waals surface area contributed by atoms with Gasteiger partial charge in [-0.25, -0.2) is 0 Å². The van der Waals surface area contributed by atoms with Gasteiger partial charge in [-0.05, 0) is 33.0 Å². The predicted octanol–water partition coefficient (Wildman–Crippen LogP) is 7.38. The molecule has 1 heterocycles. The predicted molar refractivity (Wildman–Crippen MR) is 121 cm³/mol. The average Bonchev–Trinajstić information content (AvgIpc) is 2.79. The van der Waals surface area contributed by atoms with Crippen molar-refractivity contribution < 1.29 is 0 Å². The van der Waals surface area contributed by atoms with Crippen LogP contribution in [0, 0.1) is 0 Å². The molecule has 132 valence electrons. The van der Waals surface area contributed by atoms with Crippen molar-refractivity contribution in [1.82, 2.24) is 4.98 Å². The molecule has 0 bridgehead atoms. The molecule has 0 radical (unpaired) electrons. The Morgan fingerprint density at radius 1 is 0.357 bits per heavy atom. The second kappa shape index (κ2) is 7.13. The summed E-state index contributed by atoms with van der Waals surface area (Å²) in [6.07, 6.45) is 1.93. The van der Waals surface area contributed by atoms with Crippen LogP contribution in [0.4, 0.5) is 0 Å². The van der Waals surface area contributed by atoms with Gasteiger partial charge >= 0.3 is 0 Å². The smallest absolute Gasteiger partial charge is 0.0708 e. The van der Waals surface area contributed by atoms with Crippen LogP contribution in [-0.2, 0) is 0 Å². The average molecular weight is 357 g/mol. The van der Waals surface area contributed by atoms with Gasteiger partial charge < -0.3 is 0 Å². The number of fused-ring (bicyclic) bond motifs is 6. The summed E-state index contributed by atoms with van der Waals surface area (Å²) in [6.45, 7) is 0. The van der Waals surface area contributed by atoms with Crippen molar-refractivity contribution in [2.24, 2.45) is 0 Å². The summed E-state index contributed by atoms with van der Waals surface area (Å²) in [5.41, 5.74) is 1.06. The highest BCUT2D eigenvalue weighted by molar-refractivity contribution is 6.07. The number of hydrogen-bond acceptors (Lipinski definition) is 1. The van der Waals surface area contributed by atoms with Gasteiger partial charge in [0, 0.05) is 17.0 Å². The molecular weight excluding hydrogens is 338 g/mol. The third kappa shape index (κ3) is 2.97. The minimum absolute atomic E-state index is 1.06. The van der Waals surface area contributed by atoms with Crippen LogP contribution in [0.25, 0.3) is 43.2 Å². The summed E-state index contributed by atoms with van der Waals surface area (Å²) in [7, 11) is 0. The Balaban J connectivity index is 0.000000122. The molecule has 5 aromatic carbocycles. The molecule has 0 aliphatic carbocycles. The van der Waals surface area contributed by atoms with Crippen molar-refractivity contribution in [2.75, 3.05) is 0 Å². The van der Waals surface area contributed by atoms with Crippen molar-refractivity contribution in [1.29, 1.82) is 0 Å². The van der Waals surface area contributed by atoms with E-state index in [1.807, 2.05) is 24.4 Å². The number of pyridine rings is 1. The van der Waals surface area contributed by atoms with Crippen molar-refractivity contribution in [2.45, 2.75) is 0 Å². The van der Waals surface area contributed by atoms with Crippen LogP contribution in [0.1, 0.15) is 0 Å². The van der Waals surface area contributed by atoms with Gasteiger partial charge in [0.05, 0.1) is 5.52 Å². The number of hydrogen-bond donors (Lipinski definition) is 0. The quantitative estimate of drug-likeness (QED) is 0.258. The van der Waals surface area contributed by atoms with Crippen LogP contribution in [-0.4, -0.2) is 4.98 Å². The lowest BCUT2D eigenvalue weighted by Gasteiger charge is -2.02. The first kappa shape index (κ1) is 16.5. The molecule has 0 unspecified atom stereocenters. The van der Waals surface area contributed by atoms with Gasteiger partial charge in [-0.1, -0.05) is 103 Å². The van der Waals surface area contributed by atoms with Crippen molar-refractivity contribution in [3.05, 3.63) is 115 Å². The van der Waals surface area contributed by atoms with Crippen LogP contribution in [0.3, 0.4) is 0 Å². The Morgan fingerprint density at radius 2 is 0.786 bits per heavy atom. The standard InChI is InChI=1S/C14H10.C13H9N/c1-3-7-13-11(5-1)9-10-12-6-2-4-8-14(12)13;1-2-6-11-10(5-1)9-14-13-8-4-3-7-12(11)13/h1-10H;1-9H. The van der Waals surface area contributed by atoms with Crippen molar-refractivity contribution in [3.8, 4) is 0 Å². The molecule has 6 aromatic rings. The first-order chi connectivity index (χ1) is 13.9. The second-order valence-corrected chi connectivity index (χ2v) is 6.87. The van der Waals surface area contributed by atoms with Crippen LogP contribution >= 0.6 is 0 Å². The largest absolute Gasteiger partial charge is 0.256 e. The molecule has 0 fully saturated rings. The van der Waals surface area contributed by atoms with Gasteiger partial charge in [-0.15, -0.1) is 0 Å². The zero-order valence-corrected chi connectivity index (χ0v) is 15.4. The van der Waals surface area contributed by atoms with Crippen molar-refractivity contribution in [3.63, 3.8) is 0 Å². The Hall–Kier alpha value is -3.71. The van der Waals surface area contributed by atoms with E-state index in [1.165, 1.54) is 37.7 Å². The number of nitrogens with zero attached hydrogens (tertiary/aromatic N) is 1. The highest BCUT2D eigenvalue weighted by Gasteiger charge is 1.99. The third-order valence-corrected chi connectivity index (χ3v) is 5.15. The maximum absolute atomic E-state index is 4.41. The van der Waals surface area contributed by atoms with E-state index in [0.29, 0.717) is 0 Å². The zero-order valence-electron chi connectivity index (χ0n) is 15.4. The van der Waals surface area contributed by atoms with E-state index in [1.54, 1.807) is 0 Å². The minimum Gasteiger partial charge on any atom is -0.256 e. The van der Waals surface area contributed by atoms with Gasteiger partial charge in [-0.2, -0.15) is 0 Å². The lowest BCUT2D eigenvalue weighted by molar-refractivity contribution is 1.44. The molecular formula is C27H19N. The SMILES string of the molecule is c1ccc2c(c1)ccc1ccccc12.c1ccc2c(c1)cnc1ccccc12. The normalized spacial score (nSPS) is 10.9. The van der Waals surface area contributed by atoms with E-state index in [4.69, 9.17) is 0 Å². The Labute approximate surface area is 163 Å². The fourth-order valence-electron chi connectivity index (χ4n) is 3.76. The number of rotatable bonds is 0. The first-order valence-electron chi connectivity index (χ1n) is 9.49. The van der Waals surface area contributed by atoms with Crippen LogP contribution in [0.15, 0.2) is 115 Å². The number of aromatic nitrogens is 1. The van der Waals surface area contributed by atoms with E-state index in [9.17, 15) is 0 Å². The molecule has 0 aliphatic rings. The second-order valence-electron chi connectivity index (χ2n) is 6.87. The van der Waals surface area contributed by atoms with Gasteiger partial charge in [0.2, 0.25) is 0 Å². The molecule has 6 rings (SSSR count). The van der Waals surface area contributed by atoms with E-state index in [2.05, 4.69) is 96.0 Å². The van der Waals surface area contributed by atoms with E-state index in [0.717, 1.165) is 5.52 Å². The minimum atomic E-state index is 1.06. The molecule has 0 atom stereocenters. The lowest BCUT2D eigenvalue weighted by Crippen LogP contribution is -1.80. The number of benzene rings is 5. The number of para-hydroxylation sites is 1. The summed E-state index contributed by atoms with van der Waals surface area (Å²) in [5, 5.41) is 9.00. The fraction of sp³-hybridized carbons (Fsp3) is 0. The molecule has 1 nitrogen and oxygen atoms in total. The van der Waals surface area contributed by atoms with Gasteiger partial charge in [-0.3, -0.25) is 4.98 Å². The molecule has 1 aromatic heterocycles. The molecule has 0 spiro atoms. The summed E-state index contributed by atoms with van der Waals surface area (Å²) in [5.74, 6) is 0. The fourth-order valence-corrected chi connectivity index (χ4v) is 3.76. The van der Waals surface area contributed by atoms with Gasteiger partial charge in [0.1, 0.15) is 0 Å². The molecule has 0 saturated carbocycles. The van der Waals surface area contributed by atoms with E-state index >= 15 is 0 Å². The highest BCUT2D eigenvalue weighted by Crippen LogP contribution is 2.24. The zero-order chi connectivity index (χ0) is 18.8. The van der Waals surface area contributed by atoms with Gasteiger partial charge in [0.25, 0.3) is 0 Å². The van der Waals surface area contributed by atoms with Crippen LogP contribution < -0.4 is 0 Å². The Morgan fingerprint density at radius 3 is 1.39 bits per heavy atom. The Kier molecular flexibility index (Phi) is 4.19. The summed E-state index contributed by atoms with van der Waals surface area (Å²) in [6, 6.07) is 37.9.